The lowest BCUT2D eigenvalue weighted by Crippen LogP contribution is -2.36. The monoisotopic (exact) mass is 364 g/mol. The summed E-state index contributed by atoms with van der Waals surface area (Å²) in [5.74, 6) is -1.23. The maximum atomic E-state index is 13.3. The van der Waals surface area contributed by atoms with Gasteiger partial charge in [0.25, 0.3) is 5.91 Å². The first-order valence-electron chi connectivity index (χ1n) is 10.0. The van der Waals surface area contributed by atoms with Gasteiger partial charge in [-0.15, -0.1) is 0 Å². The van der Waals surface area contributed by atoms with Crippen molar-refractivity contribution in [3.8, 4) is 16.8 Å². The number of hydrogen-bond acceptors (Lipinski definition) is 3. The van der Waals surface area contributed by atoms with Crippen LogP contribution < -0.4 is 0 Å². The topological polar surface area (TPSA) is 55.2 Å². The summed E-state index contributed by atoms with van der Waals surface area (Å²) in [4.78, 5) is 29.3. The van der Waals surface area contributed by atoms with Gasteiger partial charge in [0.05, 0.1) is 11.2 Å². The summed E-state index contributed by atoms with van der Waals surface area (Å²) in [6, 6.07) is 9.70. The number of nitrogens with zero attached hydrogens (tertiary/aromatic N) is 3. The lowest BCUT2D eigenvalue weighted by atomic mass is 9.97. The van der Waals surface area contributed by atoms with Gasteiger partial charge in [-0.3, -0.25) is 9.59 Å². The molecule has 27 heavy (non-hydrogen) atoms. The zero-order valence-electron chi connectivity index (χ0n) is 17.1. The molecule has 1 aliphatic heterocycles. The lowest BCUT2D eigenvalue weighted by molar-refractivity contribution is 0.0705. The summed E-state index contributed by atoms with van der Waals surface area (Å²) in [5, 5.41) is 0. The molecular weight excluding hydrogens is 345 g/mol. The molecule has 134 valence electrons. The summed E-state index contributed by atoms with van der Waals surface area (Å²) in [6.45, 7) is -2.63. The number of pyridine rings is 1. The average molecular weight is 364 g/mol. The van der Waals surface area contributed by atoms with Gasteiger partial charge in [-0.25, -0.2) is 4.98 Å². The molecule has 0 saturated heterocycles. The van der Waals surface area contributed by atoms with Crippen molar-refractivity contribution >= 4 is 12.2 Å². The van der Waals surface area contributed by atoms with Gasteiger partial charge in [-0.05, 0) is 42.7 Å². The molecule has 5 nitrogen and oxygen atoms in total. The van der Waals surface area contributed by atoms with E-state index in [1.807, 2.05) is 18.2 Å². The van der Waals surface area contributed by atoms with Crippen LogP contribution in [0.5, 0.6) is 0 Å². The molecule has 3 aromatic rings. The quantitative estimate of drug-likeness (QED) is 0.516. The maximum Gasteiger partial charge on any atom is 0.271 e. The molecule has 0 bridgehead atoms. The van der Waals surface area contributed by atoms with Gasteiger partial charge in [0.15, 0.2) is 6.29 Å². The average Bonchev–Trinajstić information content (AvgIpc) is 3.37. The van der Waals surface area contributed by atoms with Crippen LogP contribution in [0.15, 0.2) is 48.8 Å². The summed E-state index contributed by atoms with van der Waals surface area (Å²) < 4.78 is 38.8. The highest BCUT2D eigenvalue weighted by atomic mass is 19.1. The van der Waals surface area contributed by atoms with Crippen LogP contribution in [0, 0.1) is 5.95 Å². The van der Waals surface area contributed by atoms with E-state index in [0.717, 1.165) is 10.5 Å². The Hall–Kier alpha value is -3.28. The van der Waals surface area contributed by atoms with E-state index in [0.29, 0.717) is 35.9 Å². The van der Waals surface area contributed by atoms with Crippen molar-refractivity contribution in [2.75, 3.05) is 6.98 Å². The molecule has 1 aromatic carbocycles. The molecule has 1 saturated carbocycles. The van der Waals surface area contributed by atoms with E-state index >= 15 is 0 Å². The largest absolute Gasteiger partial charge is 0.331 e. The van der Waals surface area contributed by atoms with Crippen LogP contribution in [0.25, 0.3) is 16.8 Å². The minimum Gasteiger partial charge on any atom is -0.331 e. The molecular formula is C21H16FN3O2. The second kappa shape index (κ2) is 5.36. The number of hydrogen-bond donors (Lipinski definition) is 0. The molecule has 6 heteroatoms. The minimum atomic E-state index is -2.63. The molecule has 0 radical (unpaired) electrons. The van der Waals surface area contributed by atoms with E-state index in [1.54, 1.807) is 10.6 Å². The van der Waals surface area contributed by atoms with Gasteiger partial charge in [0.2, 0.25) is 5.95 Å². The first-order chi connectivity index (χ1) is 14.2. The zero-order chi connectivity index (χ0) is 21.3. The van der Waals surface area contributed by atoms with Gasteiger partial charge in [-0.2, -0.15) is 4.39 Å². The molecule has 0 N–H and O–H groups in total. The third-order valence-electron chi connectivity index (χ3n) is 5.37. The Balaban J connectivity index is 1.79. The van der Waals surface area contributed by atoms with Crippen molar-refractivity contribution in [1.82, 2.24) is 14.5 Å². The second-order valence-corrected chi connectivity index (χ2v) is 6.92. The van der Waals surface area contributed by atoms with Gasteiger partial charge in [0.1, 0.15) is 5.69 Å². The number of carbonyl (C=O) groups excluding carboxylic acids is 2. The van der Waals surface area contributed by atoms with Crippen molar-refractivity contribution in [2.45, 2.75) is 18.4 Å². The third kappa shape index (κ3) is 2.19. The Bertz CT molecular complexity index is 1200. The fourth-order valence-electron chi connectivity index (χ4n) is 3.80. The van der Waals surface area contributed by atoms with E-state index in [4.69, 9.17) is 4.11 Å². The van der Waals surface area contributed by atoms with Crippen LogP contribution in [0.4, 0.5) is 4.39 Å². The fraction of sp³-hybridized carbons (Fsp3) is 0.190. The summed E-state index contributed by atoms with van der Waals surface area (Å²) >= 11 is 0. The Labute approximate surface area is 159 Å². The normalized spacial score (nSPS) is 18.8. The highest BCUT2D eigenvalue weighted by molar-refractivity contribution is 5.97. The van der Waals surface area contributed by atoms with Gasteiger partial charge >= 0.3 is 0 Å². The molecule has 1 fully saturated rings. The van der Waals surface area contributed by atoms with Gasteiger partial charge in [-0.1, -0.05) is 12.1 Å². The predicted octanol–water partition coefficient (Wildman–Crippen LogP) is 3.57. The summed E-state index contributed by atoms with van der Waals surface area (Å²) in [7, 11) is 0. The molecule has 0 atom stereocenters. The Kier molecular flexibility index (Phi) is 2.58. The molecule has 5 rings (SSSR count). The van der Waals surface area contributed by atoms with Crippen molar-refractivity contribution in [2.24, 2.45) is 0 Å². The second-order valence-electron chi connectivity index (χ2n) is 6.92. The Morgan fingerprint density at radius 3 is 2.70 bits per heavy atom. The molecule has 1 aliphatic carbocycles. The third-order valence-corrected chi connectivity index (χ3v) is 5.37. The number of aldehydes is 1. The number of fused-ring (bicyclic) bond motifs is 4. The van der Waals surface area contributed by atoms with Crippen LogP contribution in [0.3, 0.4) is 0 Å². The molecule has 2 aliphatic rings. The molecule has 0 unspecified atom stereocenters. The van der Waals surface area contributed by atoms with Crippen LogP contribution >= 0.6 is 0 Å². The fourth-order valence-corrected chi connectivity index (χ4v) is 3.80. The van der Waals surface area contributed by atoms with E-state index in [2.05, 4.69) is 4.98 Å². The number of aromatic nitrogens is 2. The lowest BCUT2D eigenvalue weighted by Gasteiger charge is -2.27. The number of benzene rings is 1. The Morgan fingerprint density at radius 2 is 2.04 bits per heavy atom. The van der Waals surface area contributed by atoms with Crippen molar-refractivity contribution < 1.29 is 18.1 Å². The molecule has 1 spiro atoms. The first-order valence-corrected chi connectivity index (χ1v) is 8.54. The molecule has 2 aromatic heterocycles. The number of rotatable bonds is 2. The smallest absolute Gasteiger partial charge is 0.271 e. The first kappa shape index (κ1) is 13.0. The van der Waals surface area contributed by atoms with Crippen LogP contribution in [0.1, 0.15) is 43.4 Å². The van der Waals surface area contributed by atoms with Crippen LogP contribution in [-0.4, -0.2) is 33.6 Å². The van der Waals surface area contributed by atoms with Crippen molar-refractivity contribution in [3.63, 3.8) is 0 Å². The highest BCUT2D eigenvalue weighted by Crippen LogP contribution is 2.54. The van der Waals surface area contributed by atoms with Crippen LogP contribution in [0.2, 0.25) is 0 Å². The summed E-state index contributed by atoms with van der Waals surface area (Å²) in [5.41, 5.74) is 2.21. The SMILES string of the molecule is [2H]C([2H])([2H])N1C(=O)c2cc(C=O)cn2-c2cc(-c3ccc(F)nc3)ccc2C12CC2. The van der Waals surface area contributed by atoms with Crippen molar-refractivity contribution in [1.29, 1.82) is 0 Å². The number of carbonyl (C=O) groups is 2. The zero-order valence-corrected chi connectivity index (χ0v) is 14.1. The van der Waals surface area contributed by atoms with E-state index in [-0.39, 0.29) is 11.3 Å². The minimum absolute atomic E-state index is 0.118. The van der Waals surface area contributed by atoms with Crippen LogP contribution in [-0.2, 0) is 5.54 Å². The number of amides is 1. The number of halogens is 1. The molecule has 3 heterocycles. The van der Waals surface area contributed by atoms with Gasteiger partial charge < -0.3 is 9.47 Å². The van der Waals surface area contributed by atoms with Gasteiger partial charge in [0, 0.05) is 40.2 Å². The predicted molar refractivity (Wildman–Crippen MR) is 97.4 cm³/mol. The van der Waals surface area contributed by atoms with E-state index in [9.17, 15) is 14.0 Å². The molecule has 1 amide bonds. The van der Waals surface area contributed by atoms with E-state index in [1.165, 1.54) is 24.5 Å². The van der Waals surface area contributed by atoms with Crippen molar-refractivity contribution in [3.05, 3.63) is 71.6 Å². The summed E-state index contributed by atoms with van der Waals surface area (Å²) in [6.07, 6.45) is 4.63. The standard InChI is InChI=1S/C21H16FN3O2/c1-24-20(27)18-8-13(12-26)11-25(18)17-9-14(15-3-5-19(22)23-10-15)2-4-16(17)21(24)6-7-21/h2-5,8-12H,6-7H2,1H3/i1D3. The Morgan fingerprint density at radius 1 is 1.22 bits per heavy atom. The highest BCUT2D eigenvalue weighted by Gasteiger charge is 2.53. The van der Waals surface area contributed by atoms with E-state index < -0.39 is 24.4 Å². The maximum absolute atomic E-state index is 13.3.